The number of nitrogens with two attached hydrogens (primary N) is 1. The standard InChI is InChI=1S/C25H29N7O4/c1-15(2)32-14-18(11-19(23(32)34)16-7-4-3-5-8-16)28-22-20(21(26)33)12-27-24(30-22)31-10-6-9-17(13-31)29-25(35)36/h3-5,7-8,11-12,14-15,17,29H,6,9-10,13H2,1-2H3,(H2,26,33)(H,35,36)(H,27,28,30)/t17-/m0/s1. The fourth-order valence-electron chi connectivity index (χ4n) is 4.27. The summed E-state index contributed by atoms with van der Waals surface area (Å²) >= 11 is 0. The Morgan fingerprint density at radius 2 is 1.97 bits per heavy atom. The minimum absolute atomic E-state index is 0.0968. The van der Waals surface area contributed by atoms with Gasteiger partial charge in [-0.2, -0.15) is 4.98 Å². The van der Waals surface area contributed by atoms with Crippen molar-refractivity contribution in [2.45, 2.75) is 38.8 Å². The summed E-state index contributed by atoms with van der Waals surface area (Å²) in [5.74, 6) is -0.151. The van der Waals surface area contributed by atoms with Crippen LogP contribution >= 0.6 is 0 Å². The molecule has 0 bridgehead atoms. The third-order valence-electron chi connectivity index (χ3n) is 6.02. The van der Waals surface area contributed by atoms with Crippen molar-refractivity contribution in [3.05, 3.63) is 64.7 Å². The molecular formula is C25H29N7O4. The highest BCUT2D eigenvalue weighted by Crippen LogP contribution is 2.26. The van der Waals surface area contributed by atoms with E-state index in [4.69, 9.17) is 10.8 Å². The van der Waals surface area contributed by atoms with Crippen molar-refractivity contribution in [1.29, 1.82) is 0 Å². The molecule has 2 amide bonds. The lowest BCUT2D eigenvalue weighted by Gasteiger charge is -2.32. The SMILES string of the molecule is CC(C)n1cc(Nc2nc(N3CCC[C@H](NC(=O)O)C3)ncc2C(N)=O)cc(-c2ccccc2)c1=O. The second-order valence-corrected chi connectivity index (χ2v) is 8.97. The number of nitrogens with one attached hydrogen (secondary N) is 2. The molecule has 0 unspecified atom stereocenters. The van der Waals surface area contributed by atoms with Gasteiger partial charge in [0.25, 0.3) is 11.5 Å². The summed E-state index contributed by atoms with van der Waals surface area (Å²) in [5, 5.41) is 14.7. The molecule has 11 nitrogen and oxygen atoms in total. The number of anilines is 3. The average Bonchev–Trinajstić information content (AvgIpc) is 2.85. The lowest BCUT2D eigenvalue weighted by molar-refractivity contribution is 0.100. The molecule has 3 aromatic rings. The van der Waals surface area contributed by atoms with E-state index in [9.17, 15) is 14.4 Å². The second-order valence-electron chi connectivity index (χ2n) is 8.97. The molecule has 0 aliphatic carbocycles. The van der Waals surface area contributed by atoms with Crippen LogP contribution in [0.5, 0.6) is 0 Å². The fraction of sp³-hybridized carbons (Fsp3) is 0.320. The van der Waals surface area contributed by atoms with Gasteiger partial charge in [-0.05, 0) is 38.3 Å². The molecule has 1 atom stereocenters. The summed E-state index contributed by atoms with van der Waals surface area (Å²) in [7, 11) is 0. The van der Waals surface area contributed by atoms with Gasteiger partial charge in [-0.15, -0.1) is 0 Å². The summed E-state index contributed by atoms with van der Waals surface area (Å²) in [6.07, 6.45) is 3.43. The summed E-state index contributed by atoms with van der Waals surface area (Å²) in [6.45, 7) is 4.87. The Bertz CT molecular complexity index is 1320. The Hall–Kier alpha value is -4.41. The largest absolute Gasteiger partial charge is 0.465 e. The number of carbonyl (C=O) groups excluding carboxylic acids is 1. The van der Waals surface area contributed by atoms with E-state index in [0.29, 0.717) is 36.7 Å². The number of amides is 2. The minimum Gasteiger partial charge on any atom is -0.465 e. The van der Waals surface area contributed by atoms with E-state index in [1.54, 1.807) is 16.8 Å². The number of pyridine rings is 1. The highest BCUT2D eigenvalue weighted by molar-refractivity contribution is 5.98. The molecule has 36 heavy (non-hydrogen) atoms. The number of carbonyl (C=O) groups is 2. The van der Waals surface area contributed by atoms with Crippen molar-refractivity contribution in [1.82, 2.24) is 19.9 Å². The van der Waals surface area contributed by atoms with Gasteiger partial charge in [-0.3, -0.25) is 9.59 Å². The molecule has 1 aliphatic heterocycles. The molecule has 1 aliphatic rings. The Labute approximate surface area is 208 Å². The number of aromatic nitrogens is 3. The number of hydrogen-bond donors (Lipinski definition) is 4. The van der Waals surface area contributed by atoms with Gasteiger partial charge in [0.15, 0.2) is 0 Å². The highest BCUT2D eigenvalue weighted by atomic mass is 16.4. The summed E-state index contributed by atoms with van der Waals surface area (Å²) in [4.78, 5) is 47.1. The van der Waals surface area contributed by atoms with Crippen molar-refractivity contribution in [2.75, 3.05) is 23.3 Å². The van der Waals surface area contributed by atoms with E-state index in [1.165, 1.54) is 6.20 Å². The molecule has 11 heteroatoms. The maximum absolute atomic E-state index is 13.1. The first kappa shape index (κ1) is 24.7. The quantitative estimate of drug-likeness (QED) is 0.393. The molecule has 1 fully saturated rings. The molecule has 0 radical (unpaired) electrons. The van der Waals surface area contributed by atoms with Crippen LogP contribution in [0.2, 0.25) is 0 Å². The Morgan fingerprint density at radius 1 is 1.22 bits per heavy atom. The molecule has 2 aromatic heterocycles. The van der Waals surface area contributed by atoms with Crippen LogP contribution in [0.1, 0.15) is 43.1 Å². The molecule has 1 saturated heterocycles. The smallest absolute Gasteiger partial charge is 0.404 e. The third kappa shape index (κ3) is 5.45. The fourth-order valence-corrected chi connectivity index (χ4v) is 4.27. The zero-order valence-electron chi connectivity index (χ0n) is 20.1. The van der Waals surface area contributed by atoms with Crippen LogP contribution in [0.25, 0.3) is 11.1 Å². The Kier molecular flexibility index (Phi) is 7.18. The van der Waals surface area contributed by atoms with Gasteiger partial charge in [0.05, 0.1) is 5.69 Å². The number of nitrogens with zero attached hydrogens (tertiary/aromatic N) is 4. The van der Waals surface area contributed by atoms with Gasteiger partial charge < -0.3 is 30.9 Å². The van der Waals surface area contributed by atoms with Gasteiger partial charge in [0, 0.05) is 43.1 Å². The van der Waals surface area contributed by atoms with Gasteiger partial charge in [-0.1, -0.05) is 30.3 Å². The highest BCUT2D eigenvalue weighted by Gasteiger charge is 2.24. The van der Waals surface area contributed by atoms with Crippen LogP contribution in [0.15, 0.2) is 53.6 Å². The second kappa shape index (κ2) is 10.5. The van der Waals surface area contributed by atoms with Crippen LogP contribution in [0, 0.1) is 0 Å². The molecule has 1 aromatic carbocycles. The molecule has 0 saturated carbocycles. The molecular weight excluding hydrogens is 462 g/mol. The average molecular weight is 492 g/mol. The van der Waals surface area contributed by atoms with Gasteiger partial charge in [0.1, 0.15) is 11.4 Å². The zero-order chi connectivity index (χ0) is 25.8. The third-order valence-corrected chi connectivity index (χ3v) is 6.02. The minimum atomic E-state index is -1.08. The Balaban J connectivity index is 1.72. The van der Waals surface area contributed by atoms with Gasteiger partial charge >= 0.3 is 6.09 Å². The predicted molar refractivity (Wildman–Crippen MR) is 137 cm³/mol. The first-order valence-electron chi connectivity index (χ1n) is 11.7. The van der Waals surface area contributed by atoms with Crippen LogP contribution in [-0.2, 0) is 0 Å². The number of hydrogen-bond acceptors (Lipinski definition) is 7. The van der Waals surface area contributed by atoms with E-state index in [-0.39, 0.29) is 29.0 Å². The molecule has 188 valence electrons. The van der Waals surface area contributed by atoms with E-state index in [0.717, 1.165) is 12.0 Å². The number of rotatable bonds is 7. The Morgan fingerprint density at radius 3 is 2.64 bits per heavy atom. The number of benzene rings is 1. The normalized spacial score (nSPS) is 15.5. The van der Waals surface area contributed by atoms with Crippen LogP contribution < -0.4 is 26.8 Å². The zero-order valence-corrected chi connectivity index (χ0v) is 20.1. The van der Waals surface area contributed by atoms with E-state index in [2.05, 4.69) is 20.6 Å². The van der Waals surface area contributed by atoms with Gasteiger partial charge in [-0.25, -0.2) is 9.78 Å². The van der Waals surface area contributed by atoms with Crippen molar-refractivity contribution in [2.24, 2.45) is 5.73 Å². The van der Waals surface area contributed by atoms with E-state index in [1.807, 2.05) is 49.1 Å². The first-order valence-corrected chi connectivity index (χ1v) is 11.7. The molecule has 3 heterocycles. The van der Waals surface area contributed by atoms with Crippen molar-refractivity contribution < 1.29 is 14.7 Å². The number of primary amides is 1. The number of carboxylic acid groups (broad SMARTS) is 1. The maximum Gasteiger partial charge on any atom is 0.404 e. The van der Waals surface area contributed by atoms with Gasteiger partial charge in [0.2, 0.25) is 5.95 Å². The van der Waals surface area contributed by atoms with Crippen LogP contribution in [0.3, 0.4) is 0 Å². The maximum atomic E-state index is 13.1. The van der Waals surface area contributed by atoms with Crippen LogP contribution in [0.4, 0.5) is 22.2 Å². The lowest BCUT2D eigenvalue weighted by Crippen LogP contribution is -2.48. The lowest BCUT2D eigenvalue weighted by atomic mass is 10.1. The summed E-state index contributed by atoms with van der Waals surface area (Å²) in [5.41, 5.74) is 7.38. The predicted octanol–water partition coefficient (Wildman–Crippen LogP) is 2.97. The molecule has 5 N–H and O–H groups in total. The van der Waals surface area contributed by atoms with Crippen molar-refractivity contribution in [3.63, 3.8) is 0 Å². The topological polar surface area (TPSA) is 155 Å². The molecule has 4 rings (SSSR count). The van der Waals surface area contributed by atoms with Crippen molar-refractivity contribution in [3.8, 4) is 11.1 Å². The number of piperidine rings is 1. The summed E-state index contributed by atoms with van der Waals surface area (Å²) in [6, 6.07) is 10.7. The first-order chi connectivity index (χ1) is 17.2. The van der Waals surface area contributed by atoms with Crippen molar-refractivity contribution >= 4 is 29.5 Å². The summed E-state index contributed by atoms with van der Waals surface area (Å²) < 4.78 is 1.61. The monoisotopic (exact) mass is 491 g/mol. The molecule has 0 spiro atoms. The van der Waals surface area contributed by atoms with E-state index >= 15 is 0 Å². The van der Waals surface area contributed by atoms with E-state index < -0.39 is 12.0 Å². The van der Waals surface area contributed by atoms with Crippen LogP contribution in [-0.4, -0.2) is 50.8 Å².